The lowest BCUT2D eigenvalue weighted by Crippen LogP contribution is -2.30. The van der Waals surface area contributed by atoms with E-state index in [-0.39, 0.29) is 12.0 Å². The molecule has 1 aliphatic carbocycles. The van der Waals surface area contributed by atoms with Gasteiger partial charge in [-0.25, -0.2) is 0 Å². The van der Waals surface area contributed by atoms with Crippen LogP contribution in [0.2, 0.25) is 0 Å². The minimum absolute atomic E-state index is 0.0192. The highest BCUT2D eigenvalue weighted by atomic mass is 79.9. The van der Waals surface area contributed by atoms with Crippen LogP contribution in [0.1, 0.15) is 37.3 Å². The van der Waals surface area contributed by atoms with Gasteiger partial charge in [0.2, 0.25) is 0 Å². The number of benzene rings is 2. The predicted molar refractivity (Wildman–Crippen MR) is 93.9 cm³/mol. The first kappa shape index (κ1) is 15.3. The van der Waals surface area contributed by atoms with Crippen molar-refractivity contribution in [1.82, 2.24) is 0 Å². The van der Waals surface area contributed by atoms with E-state index in [4.69, 9.17) is 0 Å². The van der Waals surface area contributed by atoms with Gasteiger partial charge in [-0.2, -0.15) is 0 Å². The van der Waals surface area contributed by atoms with Gasteiger partial charge in [0.25, 0.3) is 0 Å². The maximum absolute atomic E-state index is 12.5. The summed E-state index contributed by atoms with van der Waals surface area (Å²) >= 11 is 3.65. The van der Waals surface area contributed by atoms with Crippen molar-refractivity contribution >= 4 is 27.4 Å². The van der Waals surface area contributed by atoms with Crippen LogP contribution < -0.4 is 5.32 Å². The average molecular weight is 358 g/mol. The normalized spacial score (nSPS) is 19.7. The number of hydrogen-bond acceptors (Lipinski definition) is 2. The van der Waals surface area contributed by atoms with Crippen molar-refractivity contribution in [3.63, 3.8) is 0 Å². The van der Waals surface area contributed by atoms with Gasteiger partial charge in [0.05, 0.1) is 6.04 Å². The lowest BCUT2D eigenvalue weighted by atomic mass is 9.80. The Hall–Kier alpha value is -1.61. The Morgan fingerprint density at radius 3 is 2.45 bits per heavy atom. The zero-order valence-electron chi connectivity index (χ0n) is 12.5. The Kier molecular flexibility index (Phi) is 4.94. The van der Waals surface area contributed by atoms with Gasteiger partial charge < -0.3 is 5.32 Å². The zero-order valence-corrected chi connectivity index (χ0v) is 14.1. The van der Waals surface area contributed by atoms with Crippen LogP contribution in [0.3, 0.4) is 0 Å². The number of Topliss-reactive ketones (excluding diaryl/α,β-unsaturated/α-hetero) is 1. The number of rotatable bonds is 4. The molecule has 0 unspecified atom stereocenters. The number of ketones is 1. The third-order valence-electron chi connectivity index (χ3n) is 4.34. The van der Waals surface area contributed by atoms with Crippen LogP contribution >= 0.6 is 15.9 Å². The molecule has 0 aliphatic heterocycles. The lowest BCUT2D eigenvalue weighted by molar-refractivity contribution is -0.125. The van der Waals surface area contributed by atoms with Gasteiger partial charge in [0.1, 0.15) is 5.78 Å². The van der Waals surface area contributed by atoms with Crippen LogP contribution in [0.5, 0.6) is 0 Å². The first-order chi connectivity index (χ1) is 10.8. The van der Waals surface area contributed by atoms with E-state index in [0.29, 0.717) is 12.2 Å². The molecule has 1 N–H and O–H groups in total. The molecule has 0 saturated heterocycles. The van der Waals surface area contributed by atoms with Crippen LogP contribution in [-0.2, 0) is 4.79 Å². The second-order valence-corrected chi connectivity index (χ2v) is 6.68. The smallest absolute Gasteiger partial charge is 0.138 e. The molecule has 2 nitrogen and oxygen atoms in total. The van der Waals surface area contributed by atoms with Crippen molar-refractivity contribution < 1.29 is 4.79 Å². The van der Waals surface area contributed by atoms with E-state index in [9.17, 15) is 4.79 Å². The van der Waals surface area contributed by atoms with Crippen LogP contribution in [0.4, 0.5) is 5.69 Å². The molecule has 2 aromatic rings. The monoisotopic (exact) mass is 357 g/mol. The van der Waals surface area contributed by atoms with E-state index in [1.807, 2.05) is 36.4 Å². The first-order valence-corrected chi connectivity index (χ1v) is 8.64. The molecule has 0 aromatic heterocycles. The molecule has 3 heteroatoms. The van der Waals surface area contributed by atoms with Crippen molar-refractivity contribution in [2.75, 3.05) is 5.32 Å². The summed E-state index contributed by atoms with van der Waals surface area (Å²) in [5.74, 6) is 0.433. The summed E-state index contributed by atoms with van der Waals surface area (Å²) in [5, 5.41) is 3.59. The summed E-state index contributed by atoms with van der Waals surface area (Å²) in [4.78, 5) is 12.5. The average Bonchev–Trinajstić information content (AvgIpc) is 2.55. The number of anilines is 1. The quantitative estimate of drug-likeness (QED) is 0.797. The number of nitrogens with one attached hydrogen (secondary N) is 1. The summed E-state index contributed by atoms with van der Waals surface area (Å²) in [5.41, 5.74) is 2.22. The van der Waals surface area contributed by atoms with E-state index in [1.165, 1.54) is 0 Å². The second-order valence-electron chi connectivity index (χ2n) is 5.83. The molecule has 0 amide bonds. The van der Waals surface area contributed by atoms with Crippen molar-refractivity contribution in [2.45, 2.75) is 31.7 Å². The van der Waals surface area contributed by atoms with Crippen LogP contribution in [-0.4, -0.2) is 5.78 Å². The summed E-state index contributed by atoms with van der Waals surface area (Å²) in [6.07, 6.45) is 3.84. The van der Waals surface area contributed by atoms with Gasteiger partial charge in [0, 0.05) is 22.5 Å². The fourth-order valence-electron chi connectivity index (χ4n) is 3.20. The lowest BCUT2D eigenvalue weighted by Gasteiger charge is -2.31. The Morgan fingerprint density at radius 1 is 1.00 bits per heavy atom. The molecule has 1 fully saturated rings. The number of carbonyl (C=O) groups excluding carboxylic acids is 1. The summed E-state index contributed by atoms with van der Waals surface area (Å²) in [6, 6.07) is 18.4. The Morgan fingerprint density at radius 2 is 1.73 bits per heavy atom. The van der Waals surface area contributed by atoms with Crippen LogP contribution in [0, 0.1) is 5.92 Å². The molecular weight excluding hydrogens is 338 g/mol. The van der Waals surface area contributed by atoms with E-state index in [1.54, 1.807) is 0 Å². The maximum atomic E-state index is 12.5. The molecule has 0 spiro atoms. The Labute approximate surface area is 140 Å². The van der Waals surface area contributed by atoms with Gasteiger partial charge in [-0.1, -0.05) is 58.7 Å². The van der Waals surface area contributed by atoms with Crippen molar-refractivity contribution in [3.05, 3.63) is 64.6 Å². The van der Waals surface area contributed by atoms with Crippen molar-refractivity contribution in [2.24, 2.45) is 5.92 Å². The molecule has 22 heavy (non-hydrogen) atoms. The van der Waals surface area contributed by atoms with E-state index in [0.717, 1.165) is 35.0 Å². The number of para-hydroxylation sites is 1. The molecule has 0 bridgehead atoms. The minimum atomic E-state index is 0.0192. The highest BCUT2D eigenvalue weighted by Crippen LogP contribution is 2.37. The van der Waals surface area contributed by atoms with Crippen LogP contribution in [0.25, 0.3) is 0 Å². The number of halogens is 1. The molecular formula is C19H20BrNO. The minimum Gasteiger partial charge on any atom is -0.377 e. The van der Waals surface area contributed by atoms with Gasteiger partial charge in [0.15, 0.2) is 0 Å². The van der Waals surface area contributed by atoms with Crippen molar-refractivity contribution in [1.29, 1.82) is 0 Å². The fraction of sp³-hybridized carbons (Fsp3) is 0.316. The highest BCUT2D eigenvalue weighted by Gasteiger charge is 2.32. The molecule has 0 radical (unpaired) electrons. The highest BCUT2D eigenvalue weighted by molar-refractivity contribution is 9.10. The van der Waals surface area contributed by atoms with E-state index < -0.39 is 0 Å². The topological polar surface area (TPSA) is 29.1 Å². The molecule has 114 valence electrons. The standard InChI is InChI=1S/C19H20BrNO/c20-17-12-6-4-10-15(17)19(16-11-5-7-13-18(16)22)21-14-8-2-1-3-9-14/h1-4,6,8-10,12,16,19,21H,5,7,11,13H2/t16-,19-/m0/s1. The first-order valence-electron chi connectivity index (χ1n) is 7.84. The van der Waals surface area contributed by atoms with Gasteiger partial charge in [-0.05, 0) is 36.6 Å². The Bertz CT molecular complexity index is 641. The second kappa shape index (κ2) is 7.10. The predicted octanol–water partition coefficient (Wildman–Crippen LogP) is 5.36. The molecule has 2 aromatic carbocycles. The SMILES string of the molecule is O=C1CCCC[C@@H]1[C@@H](Nc1ccccc1)c1ccccc1Br. The van der Waals surface area contributed by atoms with E-state index >= 15 is 0 Å². The summed E-state index contributed by atoms with van der Waals surface area (Å²) in [7, 11) is 0. The largest absolute Gasteiger partial charge is 0.377 e. The van der Waals surface area contributed by atoms with Gasteiger partial charge in [-0.15, -0.1) is 0 Å². The Balaban J connectivity index is 1.94. The number of carbonyl (C=O) groups is 1. The third-order valence-corrected chi connectivity index (χ3v) is 5.06. The molecule has 1 aliphatic rings. The van der Waals surface area contributed by atoms with Crippen molar-refractivity contribution in [3.8, 4) is 0 Å². The third kappa shape index (κ3) is 3.41. The molecule has 2 atom stereocenters. The molecule has 0 heterocycles. The van der Waals surface area contributed by atoms with Crippen LogP contribution in [0.15, 0.2) is 59.1 Å². The fourth-order valence-corrected chi connectivity index (χ4v) is 3.73. The van der Waals surface area contributed by atoms with Gasteiger partial charge >= 0.3 is 0 Å². The zero-order chi connectivity index (χ0) is 15.4. The summed E-state index contributed by atoms with van der Waals surface area (Å²) in [6.45, 7) is 0. The summed E-state index contributed by atoms with van der Waals surface area (Å²) < 4.78 is 1.06. The number of hydrogen-bond donors (Lipinski definition) is 1. The maximum Gasteiger partial charge on any atom is 0.138 e. The van der Waals surface area contributed by atoms with E-state index in [2.05, 4.69) is 39.4 Å². The van der Waals surface area contributed by atoms with Gasteiger partial charge in [-0.3, -0.25) is 4.79 Å². The molecule has 3 rings (SSSR count). The molecule has 1 saturated carbocycles.